The van der Waals surface area contributed by atoms with Gasteiger partial charge in [0.25, 0.3) is 5.91 Å². The number of ether oxygens (including phenoxy) is 1. The average molecular weight is 405 g/mol. The maximum Gasteiger partial charge on any atom is 0.255 e. The third kappa shape index (κ3) is 6.00. The van der Waals surface area contributed by atoms with Crippen LogP contribution in [0.4, 0.5) is 4.39 Å². The van der Waals surface area contributed by atoms with Gasteiger partial charge in [0.2, 0.25) is 10.0 Å². The molecule has 0 aromatic heterocycles. The lowest BCUT2D eigenvalue weighted by Crippen LogP contribution is -2.36. The molecule has 2 aromatic carbocycles. The first kappa shape index (κ1) is 21.3. The smallest absolute Gasteiger partial charge is 0.255 e. The summed E-state index contributed by atoms with van der Waals surface area (Å²) in [5.74, 6) is -0.545. The van der Waals surface area contributed by atoms with Crippen molar-refractivity contribution in [2.24, 2.45) is 5.10 Å². The number of amides is 1. The van der Waals surface area contributed by atoms with E-state index < -0.39 is 28.3 Å². The Balaban J connectivity index is 1.93. The first-order valence-electron chi connectivity index (χ1n) is 8.20. The average Bonchev–Trinajstić information content (AvgIpc) is 2.67. The number of nitrogens with zero attached hydrogens (tertiary/aromatic N) is 2. The molecule has 1 amide bonds. The van der Waals surface area contributed by atoms with Crippen molar-refractivity contribution in [2.75, 3.05) is 20.2 Å². The fourth-order valence-corrected chi connectivity index (χ4v) is 3.25. The summed E-state index contributed by atoms with van der Waals surface area (Å²) >= 11 is 0. The van der Waals surface area contributed by atoms with E-state index in [0.29, 0.717) is 17.9 Å². The van der Waals surface area contributed by atoms with Crippen LogP contribution < -0.4 is 10.2 Å². The molecule has 0 saturated heterocycles. The maximum atomic E-state index is 13.0. The van der Waals surface area contributed by atoms with Gasteiger partial charge in [0.1, 0.15) is 18.2 Å². The Kier molecular flexibility index (Phi) is 7.42. The van der Waals surface area contributed by atoms with Crippen molar-refractivity contribution in [1.82, 2.24) is 9.73 Å². The molecule has 28 heavy (non-hydrogen) atoms. The number of sulfonamides is 1. The number of likely N-dealkylation sites (N-methyl/N-ethyl adjacent to an activating group) is 1. The van der Waals surface area contributed by atoms with Crippen LogP contribution >= 0.6 is 0 Å². The Morgan fingerprint density at radius 1 is 1.29 bits per heavy atom. The highest BCUT2D eigenvalue weighted by molar-refractivity contribution is 7.89. The van der Waals surface area contributed by atoms with Gasteiger partial charge >= 0.3 is 0 Å². The lowest BCUT2D eigenvalue weighted by molar-refractivity contribution is -0.121. The van der Waals surface area contributed by atoms with Crippen LogP contribution in [0.3, 0.4) is 0 Å². The first-order valence-corrected chi connectivity index (χ1v) is 9.64. The van der Waals surface area contributed by atoms with Crippen molar-refractivity contribution in [2.45, 2.75) is 4.90 Å². The normalized spacial score (nSPS) is 11.5. The monoisotopic (exact) mass is 405 g/mol. The fraction of sp³-hybridized carbons (Fsp3) is 0.158. The third-order valence-electron chi connectivity index (χ3n) is 3.52. The van der Waals surface area contributed by atoms with E-state index in [1.54, 1.807) is 30.3 Å². The van der Waals surface area contributed by atoms with Crippen LogP contribution in [0.15, 0.2) is 71.2 Å². The zero-order valence-electron chi connectivity index (χ0n) is 15.2. The molecular formula is C19H20FN3O4S. The van der Waals surface area contributed by atoms with E-state index in [1.165, 1.54) is 13.3 Å². The number of carbonyl (C=O) groups is 1. The van der Waals surface area contributed by atoms with E-state index in [4.69, 9.17) is 4.74 Å². The number of hydrazone groups is 1. The summed E-state index contributed by atoms with van der Waals surface area (Å²) < 4.78 is 43.9. The van der Waals surface area contributed by atoms with Crippen LogP contribution in [0.1, 0.15) is 5.56 Å². The van der Waals surface area contributed by atoms with Crippen molar-refractivity contribution >= 4 is 22.1 Å². The minimum atomic E-state index is -3.91. The lowest BCUT2D eigenvalue weighted by atomic mass is 10.2. The van der Waals surface area contributed by atoms with E-state index in [-0.39, 0.29) is 4.90 Å². The fourth-order valence-electron chi connectivity index (χ4n) is 2.13. The summed E-state index contributed by atoms with van der Waals surface area (Å²) in [6, 6.07) is 11.4. The summed E-state index contributed by atoms with van der Waals surface area (Å²) in [6.07, 6.45) is 3.03. The summed E-state index contributed by atoms with van der Waals surface area (Å²) in [5.41, 5.74) is 2.95. The molecule has 0 spiro atoms. The van der Waals surface area contributed by atoms with Crippen molar-refractivity contribution in [3.63, 3.8) is 0 Å². The van der Waals surface area contributed by atoms with Gasteiger partial charge in [-0.05, 0) is 42.0 Å². The van der Waals surface area contributed by atoms with Gasteiger partial charge in [0.15, 0.2) is 0 Å². The SMILES string of the molecule is C=CCOc1cccc(/C=N\NC(=O)CN(C)S(=O)(=O)c2ccc(F)cc2)c1. The van der Waals surface area contributed by atoms with E-state index in [9.17, 15) is 17.6 Å². The highest BCUT2D eigenvalue weighted by atomic mass is 32.2. The molecule has 2 aromatic rings. The zero-order valence-corrected chi connectivity index (χ0v) is 16.0. The summed E-state index contributed by atoms with van der Waals surface area (Å²) in [6.45, 7) is 3.49. The van der Waals surface area contributed by atoms with Crippen LogP contribution in [0.5, 0.6) is 5.75 Å². The Morgan fingerprint density at radius 2 is 2.00 bits per heavy atom. The van der Waals surface area contributed by atoms with Crippen molar-refractivity contribution in [3.05, 3.63) is 72.6 Å². The molecule has 0 aliphatic carbocycles. The first-order chi connectivity index (χ1) is 13.3. The molecule has 7 nitrogen and oxygen atoms in total. The predicted molar refractivity (Wildman–Crippen MR) is 104 cm³/mol. The van der Waals surface area contributed by atoms with Gasteiger partial charge in [-0.3, -0.25) is 4.79 Å². The zero-order chi connectivity index (χ0) is 20.6. The minimum Gasteiger partial charge on any atom is -0.490 e. The second kappa shape index (κ2) is 9.77. The van der Waals surface area contributed by atoms with Gasteiger partial charge < -0.3 is 4.74 Å². The Labute approximate surface area is 163 Å². The number of carbonyl (C=O) groups excluding carboxylic acids is 1. The van der Waals surface area contributed by atoms with Gasteiger partial charge in [-0.2, -0.15) is 9.41 Å². The Hall–Kier alpha value is -3.04. The Morgan fingerprint density at radius 3 is 2.68 bits per heavy atom. The number of hydrogen-bond acceptors (Lipinski definition) is 5. The van der Waals surface area contributed by atoms with E-state index in [0.717, 1.165) is 28.6 Å². The number of halogens is 1. The van der Waals surface area contributed by atoms with Crippen molar-refractivity contribution < 1.29 is 22.3 Å². The summed E-state index contributed by atoms with van der Waals surface area (Å²) in [7, 11) is -2.66. The summed E-state index contributed by atoms with van der Waals surface area (Å²) in [5, 5.41) is 3.81. The van der Waals surface area contributed by atoms with Crippen molar-refractivity contribution in [1.29, 1.82) is 0 Å². The molecule has 0 atom stereocenters. The van der Waals surface area contributed by atoms with E-state index in [2.05, 4.69) is 17.1 Å². The molecule has 0 radical (unpaired) electrons. The lowest BCUT2D eigenvalue weighted by Gasteiger charge is -2.16. The van der Waals surface area contributed by atoms with Crippen LogP contribution in [-0.4, -0.2) is 45.0 Å². The molecule has 0 unspecified atom stereocenters. The molecule has 0 bridgehead atoms. The second-order valence-corrected chi connectivity index (χ2v) is 7.73. The number of rotatable bonds is 9. The predicted octanol–water partition coefficient (Wildman–Crippen LogP) is 2.16. The van der Waals surface area contributed by atoms with Gasteiger partial charge in [-0.1, -0.05) is 24.8 Å². The maximum absolute atomic E-state index is 13.0. The number of benzene rings is 2. The number of nitrogens with one attached hydrogen (secondary N) is 1. The molecule has 0 saturated carbocycles. The highest BCUT2D eigenvalue weighted by Crippen LogP contribution is 2.14. The van der Waals surface area contributed by atoms with Crippen LogP contribution in [0, 0.1) is 5.82 Å². The van der Waals surface area contributed by atoms with Crippen LogP contribution in [0.2, 0.25) is 0 Å². The molecule has 0 fully saturated rings. The molecule has 2 rings (SSSR count). The molecular weight excluding hydrogens is 385 g/mol. The van der Waals surface area contributed by atoms with Crippen LogP contribution in [0.25, 0.3) is 0 Å². The Bertz CT molecular complexity index is 959. The second-order valence-electron chi connectivity index (χ2n) is 5.68. The third-order valence-corrected chi connectivity index (χ3v) is 5.33. The van der Waals surface area contributed by atoms with Crippen molar-refractivity contribution in [3.8, 4) is 5.75 Å². The van der Waals surface area contributed by atoms with Crippen LogP contribution in [-0.2, 0) is 14.8 Å². The standard InChI is InChI=1S/C19H20FN3O4S/c1-3-11-27-17-6-4-5-15(12-17)13-21-22-19(24)14-23(2)28(25,26)18-9-7-16(20)8-10-18/h3-10,12-13H,1,11,14H2,2H3,(H,22,24)/b21-13-. The van der Waals surface area contributed by atoms with Gasteiger partial charge in [-0.25, -0.2) is 18.2 Å². The van der Waals surface area contributed by atoms with Gasteiger partial charge in [0.05, 0.1) is 17.7 Å². The number of hydrogen-bond donors (Lipinski definition) is 1. The van der Waals surface area contributed by atoms with Gasteiger partial charge in [0, 0.05) is 7.05 Å². The highest BCUT2D eigenvalue weighted by Gasteiger charge is 2.22. The van der Waals surface area contributed by atoms with E-state index in [1.807, 2.05) is 0 Å². The summed E-state index contributed by atoms with van der Waals surface area (Å²) in [4.78, 5) is 11.8. The van der Waals surface area contributed by atoms with Gasteiger partial charge in [-0.15, -0.1) is 0 Å². The topological polar surface area (TPSA) is 88.1 Å². The molecule has 0 aliphatic rings. The van der Waals surface area contributed by atoms with E-state index >= 15 is 0 Å². The quantitative estimate of drug-likeness (QED) is 0.393. The molecule has 9 heteroatoms. The molecule has 0 heterocycles. The minimum absolute atomic E-state index is 0.107. The molecule has 1 N–H and O–H groups in total. The largest absolute Gasteiger partial charge is 0.490 e. The molecule has 0 aliphatic heterocycles. The molecule has 148 valence electrons.